The summed E-state index contributed by atoms with van der Waals surface area (Å²) >= 11 is 0. The van der Waals surface area contributed by atoms with Gasteiger partial charge in [0, 0.05) is 25.7 Å². The van der Waals surface area contributed by atoms with Crippen LogP contribution in [0.3, 0.4) is 0 Å². The van der Waals surface area contributed by atoms with Gasteiger partial charge in [0.05, 0.1) is 6.61 Å². The summed E-state index contributed by atoms with van der Waals surface area (Å²) in [5, 5.41) is 0. The van der Waals surface area contributed by atoms with Crippen molar-refractivity contribution in [2.45, 2.75) is 90.6 Å². The number of ether oxygens (including phenoxy) is 3. The number of hydrogen-bond donors (Lipinski definition) is 0. The molecule has 4 heteroatoms. The van der Waals surface area contributed by atoms with Crippen molar-refractivity contribution in [1.82, 2.24) is 0 Å². The Labute approximate surface area is 145 Å². The second-order valence-corrected chi connectivity index (χ2v) is 9.86. The highest BCUT2D eigenvalue weighted by atomic mass is 16.8. The molecular formula is C20H32O4. The second-order valence-electron chi connectivity index (χ2n) is 9.86. The molecular weight excluding hydrogens is 304 g/mol. The zero-order valence-corrected chi connectivity index (χ0v) is 15.8. The Morgan fingerprint density at radius 3 is 2.58 bits per heavy atom. The first-order chi connectivity index (χ1) is 11.1. The van der Waals surface area contributed by atoms with Crippen molar-refractivity contribution in [2.75, 3.05) is 6.61 Å². The van der Waals surface area contributed by atoms with Gasteiger partial charge in [-0.15, -0.1) is 0 Å². The molecule has 2 saturated heterocycles. The maximum Gasteiger partial charge on any atom is 0.302 e. The molecule has 2 bridgehead atoms. The Morgan fingerprint density at radius 2 is 1.88 bits per heavy atom. The van der Waals surface area contributed by atoms with E-state index in [2.05, 4.69) is 27.7 Å². The summed E-state index contributed by atoms with van der Waals surface area (Å²) in [6.07, 6.45) is 6.51. The van der Waals surface area contributed by atoms with Gasteiger partial charge >= 0.3 is 5.97 Å². The van der Waals surface area contributed by atoms with Gasteiger partial charge in [0.2, 0.25) is 0 Å². The summed E-state index contributed by atoms with van der Waals surface area (Å²) in [4.78, 5) is 11.8. The monoisotopic (exact) mass is 336 g/mol. The van der Waals surface area contributed by atoms with Crippen LogP contribution in [0.4, 0.5) is 0 Å². The molecule has 1 spiro atoms. The van der Waals surface area contributed by atoms with Gasteiger partial charge < -0.3 is 14.2 Å². The number of esters is 1. The second kappa shape index (κ2) is 4.97. The van der Waals surface area contributed by atoms with Crippen molar-refractivity contribution in [3.05, 3.63) is 0 Å². The fourth-order valence-corrected chi connectivity index (χ4v) is 7.13. The minimum atomic E-state index is -0.440. The van der Waals surface area contributed by atoms with Crippen molar-refractivity contribution < 1.29 is 19.0 Å². The fraction of sp³-hybridized carbons (Fsp3) is 0.950. The number of rotatable bonds is 1. The average Bonchev–Trinajstić information content (AvgIpc) is 2.66. The van der Waals surface area contributed by atoms with E-state index in [0.29, 0.717) is 18.4 Å². The lowest BCUT2D eigenvalue weighted by atomic mass is 9.43. The minimum absolute atomic E-state index is 0.0666. The molecule has 4 fully saturated rings. The van der Waals surface area contributed by atoms with Gasteiger partial charge in [0.1, 0.15) is 11.7 Å². The molecule has 136 valence electrons. The highest BCUT2D eigenvalue weighted by Gasteiger charge is 2.69. The van der Waals surface area contributed by atoms with Gasteiger partial charge in [-0.25, -0.2) is 0 Å². The molecule has 4 rings (SSSR count). The quantitative estimate of drug-likeness (QED) is 0.677. The third-order valence-corrected chi connectivity index (χ3v) is 7.68. The molecule has 2 aliphatic heterocycles. The zero-order valence-electron chi connectivity index (χ0n) is 15.8. The van der Waals surface area contributed by atoms with Crippen LogP contribution < -0.4 is 0 Å². The van der Waals surface area contributed by atoms with Crippen LogP contribution in [-0.4, -0.2) is 30.1 Å². The van der Waals surface area contributed by atoms with Gasteiger partial charge in [-0.1, -0.05) is 27.2 Å². The van der Waals surface area contributed by atoms with E-state index in [0.717, 1.165) is 19.3 Å². The average molecular weight is 336 g/mol. The highest BCUT2D eigenvalue weighted by Crippen LogP contribution is 2.67. The Bertz CT molecular complexity index is 558. The van der Waals surface area contributed by atoms with Crippen LogP contribution in [-0.2, 0) is 19.0 Å². The highest BCUT2D eigenvalue weighted by molar-refractivity contribution is 5.66. The van der Waals surface area contributed by atoms with Crippen molar-refractivity contribution in [3.63, 3.8) is 0 Å². The predicted molar refractivity (Wildman–Crippen MR) is 90.3 cm³/mol. The first-order valence-electron chi connectivity index (χ1n) is 9.62. The van der Waals surface area contributed by atoms with Crippen molar-refractivity contribution in [2.24, 2.45) is 22.7 Å². The van der Waals surface area contributed by atoms with Gasteiger partial charge in [-0.2, -0.15) is 0 Å². The molecule has 0 aromatic heterocycles. The van der Waals surface area contributed by atoms with Gasteiger partial charge in [0.15, 0.2) is 5.79 Å². The summed E-state index contributed by atoms with van der Waals surface area (Å²) < 4.78 is 18.6. The third-order valence-electron chi connectivity index (χ3n) is 7.68. The van der Waals surface area contributed by atoms with Crippen molar-refractivity contribution in [3.8, 4) is 0 Å². The maximum atomic E-state index is 11.8. The van der Waals surface area contributed by atoms with Crippen LogP contribution in [0.25, 0.3) is 0 Å². The summed E-state index contributed by atoms with van der Waals surface area (Å²) in [7, 11) is 0. The fourth-order valence-electron chi connectivity index (χ4n) is 7.13. The van der Waals surface area contributed by atoms with E-state index in [-0.39, 0.29) is 28.5 Å². The van der Waals surface area contributed by atoms with E-state index >= 15 is 0 Å². The molecule has 0 amide bonds. The molecule has 0 unspecified atom stereocenters. The van der Waals surface area contributed by atoms with Crippen LogP contribution in [0.2, 0.25) is 0 Å². The lowest BCUT2D eigenvalue weighted by Gasteiger charge is -2.64. The number of carbonyl (C=O) groups excluding carboxylic acids is 1. The van der Waals surface area contributed by atoms with Crippen LogP contribution in [0.5, 0.6) is 0 Å². The zero-order chi connectivity index (χ0) is 17.4. The molecule has 2 aliphatic carbocycles. The SMILES string of the molecule is CC(=O)O[C@H]1C[C@@]23CO[C@@](C)(CC[C@@H]2[C@@]2(C)CCCC(C)(C)[C@H]12)O3. The first kappa shape index (κ1) is 16.8. The lowest BCUT2D eigenvalue weighted by Crippen LogP contribution is -2.66. The van der Waals surface area contributed by atoms with E-state index in [1.165, 1.54) is 26.2 Å². The van der Waals surface area contributed by atoms with E-state index in [1.807, 2.05) is 0 Å². The normalized spacial score (nSPS) is 52.3. The number of carbonyl (C=O) groups is 1. The maximum absolute atomic E-state index is 11.8. The van der Waals surface area contributed by atoms with E-state index in [1.54, 1.807) is 0 Å². The predicted octanol–water partition coefficient (Wildman–Crippen LogP) is 4.07. The van der Waals surface area contributed by atoms with Crippen LogP contribution in [0.1, 0.15) is 73.1 Å². The summed E-state index contributed by atoms with van der Waals surface area (Å²) in [6, 6.07) is 0. The summed E-state index contributed by atoms with van der Waals surface area (Å²) in [5.41, 5.74) is 0.0653. The Balaban J connectivity index is 1.78. The number of fused-ring (bicyclic) bond motifs is 3. The van der Waals surface area contributed by atoms with E-state index in [9.17, 15) is 4.79 Å². The van der Waals surface area contributed by atoms with Gasteiger partial charge in [-0.3, -0.25) is 4.79 Å². The molecule has 4 aliphatic rings. The van der Waals surface area contributed by atoms with Crippen molar-refractivity contribution in [1.29, 1.82) is 0 Å². The first-order valence-corrected chi connectivity index (χ1v) is 9.62. The lowest BCUT2D eigenvalue weighted by molar-refractivity contribution is -0.281. The summed E-state index contributed by atoms with van der Waals surface area (Å²) in [6.45, 7) is 11.4. The topological polar surface area (TPSA) is 44.8 Å². The van der Waals surface area contributed by atoms with Crippen molar-refractivity contribution >= 4 is 5.97 Å². The standard InChI is InChI=1S/C20H32O4/c1-13(21)23-14-11-20-12-22-19(5,24-20)10-7-15(20)18(4)9-6-8-17(2,3)16(14)18/h14-16H,6-12H2,1-5H3/t14-,15+,16-,18+,19+,20+/m0/s1. The Morgan fingerprint density at radius 1 is 1.12 bits per heavy atom. The van der Waals surface area contributed by atoms with Crippen LogP contribution >= 0.6 is 0 Å². The third kappa shape index (κ3) is 2.21. The van der Waals surface area contributed by atoms with Gasteiger partial charge in [-0.05, 0) is 42.9 Å². The molecule has 4 nitrogen and oxygen atoms in total. The van der Waals surface area contributed by atoms with Crippen LogP contribution in [0, 0.1) is 22.7 Å². The number of hydrogen-bond acceptors (Lipinski definition) is 4. The molecule has 0 N–H and O–H groups in total. The minimum Gasteiger partial charge on any atom is -0.462 e. The van der Waals surface area contributed by atoms with E-state index in [4.69, 9.17) is 14.2 Å². The van der Waals surface area contributed by atoms with Crippen LogP contribution in [0.15, 0.2) is 0 Å². The Hall–Kier alpha value is -0.610. The molecule has 2 heterocycles. The molecule has 0 radical (unpaired) electrons. The Kier molecular flexibility index (Phi) is 3.49. The smallest absolute Gasteiger partial charge is 0.302 e. The molecule has 0 aromatic rings. The molecule has 24 heavy (non-hydrogen) atoms. The molecule has 2 saturated carbocycles. The van der Waals surface area contributed by atoms with E-state index < -0.39 is 5.79 Å². The summed E-state index contributed by atoms with van der Waals surface area (Å²) in [5.74, 6) is 0.282. The largest absolute Gasteiger partial charge is 0.462 e. The molecule has 6 atom stereocenters. The van der Waals surface area contributed by atoms with Gasteiger partial charge in [0.25, 0.3) is 0 Å². The molecule has 0 aromatic carbocycles.